The highest BCUT2D eigenvalue weighted by Crippen LogP contribution is 2.38. The minimum absolute atomic E-state index is 0.00944. The molecule has 1 aliphatic rings. The number of hydrogen-bond donors (Lipinski definition) is 3. The van der Waals surface area contributed by atoms with E-state index in [4.69, 9.17) is 0 Å². The van der Waals surface area contributed by atoms with Gasteiger partial charge in [0.15, 0.2) is 0 Å². The first-order chi connectivity index (χ1) is 13.5. The molecule has 1 saturated carbocycles. The largest absolute Gasteiger partial charge is 0.573 e. The Morgan fingerprint density at radius 1 is 0.966 bits per heavy atom. The Morgan fingerprint density at radius 3 is 2.14 bits per heavy atom. The summed E-state index contributed by atoms with van der Waals surface area (Å²) >= 11 is 0. The van der Waals surface area contributed by atoms with Crippen molar-refractivity contribution in [3.63, 3.8) is 0 Å². The lowest BCUT2D eigenvalue weighted by molar-refractivity contribution is -0.274. The number of ether oxygens (including phenoxy) is 1. The fourth-order valence-corrected chi connectivity index (χ4v) is 4.81. The summed E-state index contributed by atoms with van der Waals surface area (Å²) in [5.41, 5.74) is 0.712. The van der Waals surface area contributed by atoms with Gasteiger partial charge in [0, 0.05) is 12.1 Å². The van der Waals surface area contributed by atoms with Gasteiger partial charge in [-0.05, 0) is 67.5 Å². The lowest BCUT2D eigenvalue weighted by Gasteiger charge is -2.29. The molecule has 0 heterocycles. The molecule has 29 heavy (non-hydrogen) atoms. The number of aromatic hydroxyl groups is 2. The average Bonchev–Trinajstić information content (AvgIpc) is 2.61. The van der Waals surface area contributed by atoms with Crippen LogP contribution >= 0.6 is 0 Å². The molecule has 0 amide bonds. The summed E-state index contributed by atoms with van der Waals surface area (Å²) in [7, 11) is -3.89. The number of halogens is 3. The van der Waals surface area contributed by atoms with Crippen molar-refractivity contribution in [2.45, 2.75) is 48.9 Å². The third kappa shape index (κ3) is 5.54. The maximum atomic E-state index is 12.5. The van der Waals surface area contributed by atoms with Crippen LogP contribution in [0.4, 0.5) is 13.2 Å². The van der Waals surface area contributed by atoms with Crippen LogP contribution in [0.5, 0.6) is 17.2 Å². The molecule has 0 radical (unpaired) electrons. The maximum Gasteiger partial charge on any atom is 0.573 e. The molecule has 2 aromatic carbocycles. The van der Waals surface area contributed by atoms with Crippen LogP contribution in [0, 0.1) is 0 Å². The standard InChI is InChI=1S/C19H20F3NO5S/c20-19(21,22)28-15-6-8-16(9-7-15)29(26,27)23-13-3-1-12(2-4-13)17-10-5-14(24)11-18(17)25/h5-13,23-25H,1-4H2. The SMILES string of the molecule is O=S(=O)(NC1CCC(c2ccc(O)cc2O)CC1)c1ccc(OC(F)(F)F)cc1. The topological polar surface area (TPSA) is 95.9 Å². The number of sulfonamides is 1. The Kier molecular flexibility index (Phi) is 5.95. The van der Waals surface area contributed by atoms with Gasteiger partial charge in [-0.2, -0.15) is 0 Å². The van der Waals surface area contributed by atoms with Gasteiger partial charge in [0.25, 0.3) is 0 Å². The third-order valence-electron chi connectivity index (χ3n) is 4.87. The molecule has 1 fully saturated rings. The van der Waals surface area contributed by atoms with Gasteiger partial charge in [-0.1, -0.05) is 6.07 Å². The molecule has 3 rings (SSSR count). The molecule has 0 atom stereocenters. The number of phenols is 2. The highest BCUT2D eigenvalue weighted by molar-refractivity contribution is 7.89. The summed E-state index contributed by atoms with van der Waals surface area (Å²) in [6, 6.07) is 8.13. The fourth-order valence-electron chi connectivity index (χ4n) is 3.51. The molecule has 0 aromatic heterocycles. The number of nitrogens with one attached hydrogen (secondary N) is 1. The van der Waals surface area contributed by atoms with E-state index in [1.54, 1.807) is 6.07 Å². The van der Waals surface area contributed by atoms with Crippen molar-refractivity contribution in [1.82, 2.24) is 4.72 Å². The fraction of sp³-hybridized carbons (Fsp3) is 0.368. The Balaban J connectivity index is 1.60. The van der Waals surface area contributed by atoms with E-state index in [0.29, 0.717) is 31.2 Å². The van der Waals surface area contributed by atoms with Crippen LogP contribution < -0.4 is 9.46 Å². The Hall–Kier alpha value is -2.46. The van der Waals surface area contributed by atoms with Crippen LogP contribution in [0.1, 0.15) is 37.2 Å². The molecule has 0 saturated heterocycles. The first-order valence-corrected chi connectivity index (χ1v) is 10.4. The van der Waals surface area contributed by atoms with Gasteiger partial charge in [0.1, 0.15) is 17.2 Å². The third-order valence-corrected chi connectivity index (χ3v) is 6.41. The van der Waals surface area contributed by atoms with E-state index in [1.807, 2.05) is 0 Å². The van der Waals surface area contributed by atoms with E-state index in [1.165, 1.54) is 12.1 Å². The molecule has 2 aromatic rings. The van der Waals surface area contributed by atoms with E-state index in [-0.39, 0.29) is 28.4 Å². The summed E-state index contributed by atoms with van der Waals surface area (Å²) in [4.78, 5) is -0.148. The normalized spacial score (nSPS) is 20.4. The molecule has 0 aliphatic heterocycles. The molecular formula is C19H20F3NO5S. The second-order valence-electron chi connectivity index (χ2n) is 6.93. The lowest BCUT2D eigenvalue weighted by atomic mass is 9.81. The number of alkyl halides is 3. The Bertz CT molecular complexity index is 953. The van der Waals surface area contributed by atoms with Crippen molar-refractivity contribution >= 4 is 10.0 Å². The van der Waals surface area contributed by atoms with Gasteiger partial charge in [-0.25, -0.2) is 13.1 Å². The predicted molar refractivity (Wildman–Crippen MR) is 98.2 cm³/mol. The number of rotatable bonds is 5. The van der Waals surface area contributed by atoms with E-state index < -0.39 is 22.1 Å². The van der Waals surface area contributed by atoms with Gasteiger partial charge >= 0.3 is 6.36 Å². The molecule has 0 unspecified atom stereocenters. The monoisotopic (exact) mass is 431 g/mol. The van der Waals surface area contributed by atoms with Gasteiger partial charge in [-0.15, -0.1) is 13.2 Å². The van der Waals surface area contributed by atoms with Crippen LogP contribution in [0.25, 0.3) is 0 Å². The number of hydrogen-bond acceptors (Lipinski definition) is 5. The summed E-state index contributed by atoms with van der Waals surface area (Å²) in [6.45, 7) is 0. The Labute approximate surface area is 166 Å². The summed E-state index contributed by atoms with van der Waals surface area (Å²) < 4.78 is 67.9. The molecule has 1 aliphatic carbocycles. The van der Waals surface area contributed by atoms with Gasteiger partial charge < -0.3 is 14.9 Å². The zero-order valence-electron chi connectivity index (χ0n) is 15.2. The highest BCUT2D eigenvalue weighted by Gasteiger charge is 2.31. The predicted octanol–water partition coefficient (Wildman–Crippen LogP) is 4.00. The number of benzene rings is 2. The second kappa shape index (κ2) is 8.11. The molecular weight excluding hydrogens is 411 g/mol. The van der Waals surface area contributed by atoms with E-state index in [0.717, 1.165) is 24.3 Å². The second-order valence-corrected chi connectivity index (χ2v) is 8.65. The summed E-state index contributed by atoms with van der Waals surface area (Å²) in [5.74, 6) is -0.463. The van der Waals surface area contributed by atoms with Crippen molar-refractivity contribution in [3.05, 3.63) is 48.0 Å². The molecule has 3 N–H and O–H groups in total. The first-order valence-electron chi connectivity index (χ1n) is 8.93. The van der Waals surface area contributed by atoms with Gasteiger partial charge in [0.2, 0.25) is 10.0 Å². The minimum Gasteiger partial charge on any atom is -0.508 e. The lowest BCUT2D eigenvalue weighted by Crippen LogP contribution is -2.37. The van der Waals surface area contributed by atoms with Gasteiger partial charge in [-0.3, -0.25) is 0 Å². The van der Waals surface area contributed by atoms with Crippen molar-refractivity contribution in [1.29, 1.82) is 0 Å². The van der Waals surface area contributed by atoms with Crippen molar-refractivity contribution < 1.29 is 36.5 Å². The Morgan fingerprint density at radius 2 is 1.59 bits per heavy atom. The summed E-state index contributed by atoms with van der Waals surface area (Å²) in [5, 5.41) is 19.4. The first kappa shape index (κ1) is 21.3. The quantitative estimate of drug-likeness (QED) is 0.665. The van der Waals surface area contributed by atoms with Crippen LogP contribution in [-0.2, 0) is 10.0 Å². The van der Waals surface area contributed by atoms with Crippen LogP contribution in [-0.4, -0.2) is 31.0 Å². The maximum absolute atomic E-state index is 12.5. The summed E-state index contributed by atoms with van der Waals surface area (Å²) in [6.07, 6.45) is -2.48. The zero-order chi connectivity index (χ0) is 21.2. The van der Waals surface area contributed by atoms with Crippen LogP contribution in [0.3, 0.4) is 0 Å². The van der Waals surface area contributed by atoms with E-state index >= 15 is 0 Å². The minimum atomic E-state index is -4.84. The smallest absolute Gasteiger partial charge is 0.508 e. The van der Waals surface area contributed by atoms with E-state index in [9.17, 15) is 31.8 Å². The van der Waals surface area contributed by atoms with E-state index in [2.05, 4.69) is 9.46 Å². The van der Waals surface area contributed by atoms with Crippen molar-refractivity contribution in [3.8, 4) is 17.2 Å². The molecule has 6 nitrogen and oxygen atoms in total. The van der Waals surface area contributed by atoms with Gasteiger partial charge in [0.05, 0.1) is 4.90 Å². The zero-order valence-corrected chi connectivity index (χ0v) is 16.0. The molecule has 0 bridgehead atoms. The highest BCUT2D eigenvalue weighted by atomic mass is 32.2. The molecule has 10 heteroatoms. The molecule has 0 spiro atoms. The molecule has 158 valence electrons. The van der Waals surface area contributed by atoms with Crippen molar-refractivity contribution in [2.75, 3.05) is 0 Å². The van der Waals surface area contributed by atoms with Crippen molar-refractivity contribution in [2.24, 2.45) is 0 Å². The van der Waals surface area contributed by atoms with Crippen LogP contribution in [0.2, 0.25) is 0 Å². The van der Waals surface area contributed by atoms with Crippen LogP contribution in [0.15, 0.2) is 47.4 Å². The average molecular weight is 431 g/mol. The number of phenolic OH excluding ortho intramolecular Hbond substituents is 2.